The predicted octanol–water partition coefficient (Wildman–Crippen LogP) is 4.48. The van der Waals surface area contributed by atoms with Crippen LogP contribution in [0, 0.1) is 0 Å². The standard InChI is InChI=1S/C22H23F3N4O2/c1-30-18-6-3-16(4-7-18)19-14-27-21(31-19)15-28-9-2-10-29(12-11-28)20-8-5-17(13-26-20)22(23,24)25/h3-8,13-14H,2,9-12,15H2,1H3. The van der Waals surface area contributed by atoms with Gasteiger partial charge in [-0.3, -0.25) is 4.90 Å². The minimum atomic E-state index is -4.37. The van der Waals surface area contributed by atoms with E-state index in [1.165, 1.54) is 6.07 Å². The molecule has 0 unspecified atom stereocenters. The highest BCUT2D eigenvalue weighted by Gasteiger charge is 2.31. The molecule has 0 N–H and O–H groups in total. The van der Waals surface area contributed by atoms with E-state index in [0.717, 1.165) is 49.6 Å². The molecule has 0 spiro atoms. The highest BCUT2D eigenvalue weighted by molar-refractivity contribution is 5.57. The van der Waals surface area contributed by atoms with Crippen LogP contribution >= 0.6 is 0 Å². The Bertz CT molecular complexity index is 987. The van der Waals surface area contributed by atoms with Crippen LogP contribution in [0.1, 0.15) is 17.9 Å². The van der Waals surface area contributed by atoms with Gasteiger partial charge in [0.05, 0.1) is 25.4 Å². The van der Waals surface area contributed by atoms with Crippen molar-refractivity contribution in [3.05, 3.63) is 60.2 Å². The number of alkyl halides is 3. The topological polar surface area (TPSA) is 54.6 Å². The third-order valence-electron chi connectivity index (χ3n) is 5.27. The van der Waals surface area contributed by atoms with Crippen molar-refractivity contribution in [3.63, 3.8) is 0 Å². The van der Waals surface area contributed by atoms with Gasteiger partial charge in [-0.05, 0) is 42.8 Å². The summed E-state index contributed by atoms with van der Waals surface area (Å²) in [7, 11) is 1.62. The average Bonchev–Trinajstić information content (AvgIpc) is 3.11. The van der Waals surface area contributed by atoms with Gasteiger partial charge in [0, 0.05) is 37.9 Å². The highest BCUT2D eigenvalue weighted by atomic mass is 19.4. The fourth-order valence-electron chi connectivity index (χ4n) is 3.56. The Hall–Kier alpha value is -3.07. The molecule has 6 nitrogen and oxygen atoms in total. The first-order chi connectivity index (χ1) is 14.9. The van der Waals surface area contributed by atoms with E-state index in [1.807, 2.05) is 29.2 Å². The molecule has 9 heteroatoms. The van der Waals surface area contributed by atoms with Crippen LogP contribution in [0.25, 0.3) is 11.3 Å². The van der Waals surface area contributed by atoms with Crippen LogP contribution in [0.5, 0.6) is 5.75 Å². The second-order valence-electron chi connectivity index (χ2n) is 7.37. The average molecular weight is 432 g/mol. The highest BCUT2D eigenvalue weighted by Crippen LogP contribution is 2.29. The normalized spacial score (nSPS) is 15.7. The molecule has 0 atom stereocenters. The third-order valence-corrected chi connectivity index (χ3v) is 5.27. The molecule has 1 aromatic carbocycles. The Morgan fingerprint density at radius 1 is 0.968 bits per heavy atom. The molecule has 0 bridgehead atoms. The molecule has 1 aliphatic rings. The summed E-state index contributed by atoms with van der Waals surface area (Å²) in [6.45, 7) is 3.56. The summed E-state index contributed by atoms with van der Waals surface area (Å²) in [5.74, 6) is 2.67. The number of nitrogens with zero attached hydrogens (tertiary/aromatic N) is 4. The maximum atomic E-state index is 12.7. The van der Waals surface area contributed by atoms with Crippen LogP contribution in [-0.4, -0.2) is 48.2 Å². The van der Waals surface area contributed by atoms with Crippen LogP contribution in [-0.2, 0) is 12.7 Å². The van der Waals surface area contributed by atoms with Crippen molar-refractivity contribution in [1.82, 2.24) is 14.9 Å². The van der Waals surface area contributed by atoms with Gasteiger partial charge in [-0.15, -0.1) is 0 Å². The SMILES string of the molecule is COc1ccc(-c2cnc(CN3CCCN(c4ccc(C(F)(F)F)cn4)CC3)o2)cc1. The van der Waals surface area contributed by atoms with Crippen molar-refractivity contribution in [1.29, 1.82) is 0 Å². The zero-order valence-electron chi connectivity index (χ0n) is 17.1. The summed E-state index contributed by atoms with van der Waals surface area (Å²) in [6, 6.07) is 10.1. The van der Waals surface area contributed by atoms with E-state index in [0.29, 0.717) is 30.6 Å². The Morgan fingerprint density at radius 2 is 1.77 bits per heavy atom. The lowest BCUT2D eigenvalue weighted by Gasteiger charge is -2.22. The molecule has 0 radical (unpaired) electrons. The molecule has 4 rings (SSSR count). The molecule has 1 fully saturated rings. The predicted molar refractivity (Wildman–Crippen MR) is 110 cm³/mol. The van der Waals surface area contributed by atoms with Crippen molar-refractivity contribution >= 4 is 5.82 Å². The summed E-state index contributed by atoms with van der Waals surface area (Å²) < 4.78 is 49.3. The second kappa shape index (κ2) is 8.97. The number of benzene rings is 1. The summed E-state index contributed by atoms with van der Waals surface area (Å²) in [5.41, 5.74) is 0.194. The van der Waals surface area contributed by atoms with Crippen molar-refractivity contribution < 1.29 is 22.3 Å². The maximum absolute atomic E-state index is 12.7. The zero-order valence-corrected chi connectivity index (χ0v) is 17.1. The van der Waals surface area contributed by atoms with Crippen LogP contribution in [0.2, 0.25) is 0 Å². The molecule has 0 aliphatic carbocycles. The lowest BCUT2D eigenvalue weighted by molar-refractivity contribution is -0.137. The van der Waals surface area contributed by atoms with E-state index >= 15 is 0 Å². The zero-order chi connectivity index (χ0) is 21.8. The first kappa shape index (κ1) is 21.2. The molecule has 31 heavy (non-hydrogen) atoms. The Morgan fingerprint density at radius 3 is 2.45 bits per heavy atom. The van der Waals surface area contributed by atoms with E-state index < -0.39 is 11.7 Å². The largest absolute Gasteiger partial charge is 0.497 e. The number of oxazole rings is 1. The fourth-order valence-corrected chi connectivity index (χ4v) is 3.56. The number of ether oxygens (including phenoxy) is 1. The van der Waals surface area contributed by atoms with Crippen LogP contribution < -0.4 is 9.64 Å². The van der Waals surface area contributed by atoms with Crippen molar-refractivity contribution in [2.24, 2.45) is 0 Å². The Kier molecular flexibility index (Phi) is 6.13. The molecule has 0 saturated carbocycles. The molecular weight excluding hydrogens is 409 g/mol. The van der Waals surface area contributed by atoms with E-state index in [2.05, 4.69) is 14.9 Å². The monoisotopic (exact) mass is 432 g/mol. The number of pyridine rings is 1. The first-order valence-electron chi connectivity index (χ1n) is 10.0. The van der Waals surface area contributed by atoms with E-state index in [4.69, 9.17) is 9.15 Å². The number of hydrogen-bond donors (Lipinski definition) is 0. The van der Waals surface area contributed by atoms with Gasteiger partial charge < -0.3 is 14.1 Å². The van der Waals surface area contributed by atoms with Crippen molar-refractivity contribution in [2.45, 2.75) is 19.1 Å². The van der Waals surface area contributed by atoms with E-state index in [-0.39, 0.29) is 0 Å². The second-order valence-corrected chi connectivity index (χ2v) is 7.37. The number of aromatic nitrogens is 2. The van der Waals surface area contributed by atoms with Crippen LogP contribution in [0.3, 0.4) is 0 Å². The Labute approximate surface area is 178 Å². The maximum Gasteiger partial charge on any atom is 0.417 e. The lowest BCUT2D eigenvalue weighted by Crippen LogP contribution is -2.31. The van der Waals surface area contributed by atoms with E-state index in [9.17, 15) is 13.2 Å². The number of halogens is 3. The molecule has 3 heterocycles. The van der Waals surface area contributed by atoms with Crippen molar-refractivity contribution in [3.8, 4) is 17.1 Å². The summed E-state index contributed by atoms with van der Waals surface area (Å²) in [4.78, 5) is 12.7. The molecule has 2 aromatic heterocycles. The lowest BCUT2D eigenvalue weighted by atomic mass is 10.2. The van der Waals surface area contributed by atoms with Gasteiger partial charge in [-0.25, -0.2) is 9.97 Å². The van der Waals surface area contributed by atoms with Crippen LogP contribution in [0.15, 0.2) is 53.2 Å². The number of anilines is 1. The fraction of sp³-hybridized carbons (Fsp3) is 0.364. The molecule has 0 amide bonds. The molecular formula is C22H23F3N4O2. The van der Waals surface area contributed by atoms with Crippen LogP contribution in [0.4, 0.5) is 19.0 Å². The minimum Gasteiger partial charge on any atom is -0.497 e. The van der Waals surface area contributed by atoms with Crippen molar-refractivity contribution in [2.75, 3.05) is 38.2 Å². The number of hydrogen-bond acceptors (Lipinski definition) is 6. The van der Waals surface area contributed by atoms with Gasteiger partial charge in [0.15, 0.2) is 5.76 Å². The minimum absolute atomic E-state index is 0.563. The first-order valence-corrected chi connectivity index (χ1v) is 10.0. The summed E-state index contributed by atoms with van der Waals surface area (Å²) in [6.07, 6.45) is -0.893. The molecule has 3 aromatic rings. The van der Waals surface area contributed by atoms with Gasteiger partial charge in [-0.2, -0.15) is 13.2 Å². The Balaban J connectivity index is 1.35. The summed E-state index contributed by atoms with van der Waals surface area (Å²) >= 11 is 0. The van der Waals surface area contributed by atoms with Gasteiger partial charge in [0.25, 0.3) is 0 Å². The van der Waals surface area contributed by atoms with Gasteiger partial charge in [-0.1, -0.05) is 0 Å². The number of rotatable bonds is 5. The molecule has 164 valence electrons. The smallest absolute Gasteiger partial charge is 0.417 e. The van der Waals surface area contributed by atoms with Gasteiger partial charge >= 0.3 is 6.18 Å². The van der Waals surface area contributed by atoms with Gasteiger partial charge in [0.2, 0.25) is 5.89 Å². The number of methoxy groups -OCH3 is 1. The molecule has 1 aliphatic heterocycles. The summed E-state index contributed by atoms with van der Waals surface area (Å²) in [5, 5.41) is 0. The molecule has 1 saturated heterocycles. The third kappa shape index (κ3) is 5.16. The van der Waals surface area contributed by atoms with E-state index in [1.54, 1.807) is 13.3 Å². The quantitative estimate of drug-likeness (QED) is 0.593. The van der Waals surface area contributed by atoms with Gasteiger partial charge in [0.1, 0.15) is 11.6 Å².